The van der Waals surface area contributed by atoms with E-state index in [4.69, 9.17) is 11.6 Å². The molecule has 0 saturated carbocycles. The molecule has 0 aliphatic carbocycles. The summed E-state index contributed by atoms with van der Waals surface area (Å²) in [5, 5.41) is 40.7. The number of aromatic nitrogens is 8. The molecule has 3 aromatic heterocycles. The first-order valence-electron chi connectivity index (χ1n) is 7.17. The Morgan fingerprint density at radius 1 is 0.966 bits per heavy atom. The average Bonchev–Trinajstić information content (AvgIpc) is 3.45. The molecule has 0 aromatic carbocycles. The average molecular weight is 422 g/mol. The lowest BCUT2D eigenvalue weighted by Gasteiger charge is -1.94. The lowest BCUT2D eigenvalue weighted by atomic mass is 10.6. The molecule has 18 heteroatoms. The van der Waals surface area contributed by atoms with Gasteiger partial charge in [-0.05, 0) is 27.3 Å². The molecule has 1 aliphatic heterocycles. The number of rotatable bonds is 3. The first-order chi connectivity index (χ1) is 14.0. The molecular weight excluding hydrogens is 414 g/mol. The van der Waals surface area contributed by atoms with Gasteiger partial charge in [0.2, 0.25) is 5.28 Å². The van der Waals surface area contributed by atoms with Crippen molar-refractivity contribution in [2.45, 2.75) is 0 Å². The summed E-state index contributed by atoms with van der Waals surface area (Å²) in [7, 11) is 0. The van der Waals surface area contributed by atoms with Crippen LogP contribution < -0.4 is 0 Å². The van der Waals surface area contributed by atoms with Crippen molar-refractivity contribution in [2.75, 3.05) is 6.54 Å². The standard InChI is InChI=1S/C5H3N7O2.C4H2ClN3O2.C2H3N3/c13-12(14)4-1-6-5(7-2-4)11-3-8-9-10-11;5-4-6-1-3(2-7-4)8(9)10;1-2-4-5-3-1/h1-3H;1-2H;1H,2H2. The highest BCUT2D eigenvalue weighted by Gasteiger charge is 2.08. The van der Waals surface area contributed by atoms with Gasteiger partial charge in [-0.15, -0.1) is 10.2 Å². The predicted molar refractivity (Wildman–Crippen MR) is 93.3 cm³/mol. The van der Waals surface area contributed by atoms with Crippen LogP contribution in [0.15, 0.2) is 46.6 Å². The minimum absolute atomic E-state index is 0.00519. The third-order valence-corrected chi connectivity index (χ3v) is 2.76. The number of hydrogen-bond donors (Lipinski definition) is 0. The van der Waals surface area contributed by atoms with Gasteiger partial charge in [0, 0.05) is 0 Å². The van der Waals surface area contributed by atoms with Gasteiger partial charge in [0.15, 0.2) is 0 Å². The zero-order valence-corrected chi connectivity index (χ0v) is 14.8. The maximum Gasteiger partial charge on any atom is 0.305 e. The first-order valence-corrected chi connectivity index (χ1v) is 7.55. The summed E-state index contributed by atoms with van der Waals surface area (Å²) in [6, 6.07) is 0. The third-order valence-electron chi connectivity index (χ3n) is 2.57. The van der Waals surface area contributed by atoms with E-state index < -0.39 is 9.85 Å². The summed E-state index contributed by atoms with van der Waals surface area (Å²) in [5.41, 5.74) is -0.341. The van der Waals surface area contributed by atoms with Crippen LogP contribution in [0.4, 0.5) is 11.4 Å². The summed E-state index contributed by atoms with van der Waals surface area (Å²) in [6.45, 7) is 0.667. The van der Waals surface area contributed by atoms with Crippen molar-refractivity contribution in [3.05, 3.63) is 56.6 Å². The van der Waals surface area contributed by atoms with Gasteiger partial charge >= 0.3 is 11.4 Å². The second-order valence-corrected chi connectivity index (χ2v) is 4.77. The number of tetrazole rings is 1. The highest BCUT2D eigenvalue weighted by molar-refractivity contribution is 6.28. The summed E-state index contributed by atoms with van der Waals surface area (Å²) < 4.78 is 1.20. The van der Waals surface area contributed by atoms with Crippen LogP contribution in [-0.4, -0.2) is 62.7 Å². The molecule has 0 saturated heterocycles. The largest absolute Gasteiger partial charge is 0.305 e. The van der Waals surface area contributed by atoms with Gasteiger partial charge in [0.05, 0.1) is 22.6 Å². The summed E-state index contributed by atoms with van der Waals surface area (Å²) >= 11 is 5.27. The van der Waals surface area contributed by atoms with E-state index in [1.54, 1.807) is 6.21 Å². The van der Waals surface area contributed by atoms with E-state index in [1.807, 2.05) is 0 Å². The molecule has 4 heterocycles. The fourth-order valence-electron chi connectivity index (χ4n) is 1.36. The quantitative estimate of drug-likeness (QED) is 0.327. The zero-order chi connectivity index (χ0) is 21.1. The monoisotopic (exact) mass is 421 g/mol. The van der Waals surface area contributed by atoms with E-state index >= 15 is 0 Å². The van der Waals surface area contributed by atoms with Crippen molar-refractivity contribution >= 4 is 29.2 Å². The summed E-state index contributed by atoms with van der Waals surface area (Å²) in [6.07, 6.45) is 7.22. The molecule has 0 unspecified atom stereocenters. The molecule has 0 fully saturated rings. The molecule has 0 bridgehead atoms. The Morgan fingerprint density at radius 2 is 1.55 bits per heavy atom. The molecule has 3 aromatic rings. The van der Waals surface area contributed by atoms with Crippen LogP contribution in [0, 0.1) is 20.2 Å². The number of halogens is 1. The number of hydrogen-bond acceptors (Lipinski definition) is 14. The Kier molecular flexibility index (Phi) is 7.69. The van der Waals surface area contributed by atoms with Crippen molar-refractivity contribution in [1.82, 2.24) is 40.1 Å². The van der Waals surface area contributed by atoms with Crippen LogP contribution in [0.3, 0.4) is 0 Å². The topological polar surface area (TPSA) is 219 Å². The Morgan fingerprint density at radius 3 is 1.93 bits per heavy atom. The molecule has 0 N–H and O–H groups in total. The smallest absolute Gasteiger partial charge is 0.258 e. The Hall–Kier alpha value is -4.41. The number of nitrogens with zero attached hydrogens (tertiary/aromatic N) is 13. The second-order valence-electron chi connectivity index (χ2n) is 4.43. The van der Waals surface area contributed by atoms with Crippen molar-refractivity contribution in [2.24, 2.45) is 15.4 Å². The van der Waals surface area contributed by atoms with E-state index in [-0.39, 0.29) is 22.6 Å². The van der Waals surface area contributed by atoms with Crippen LogP contribution >= 0.6 is 11.6 Å². The van der Waals surface area contributed by atoms with Crippen LogP contribution in [-0.2, 0) is 0 Å². The maximum absolute atomic E-state index is 10.3. The van der Waals surface area contributed by atoms with E-state index in [0.29, 0.717) is 6.54 Å². The Balaban J connectivity index is 0.000000173. The molecule has 1 aliphatic rings. The minimum atomic E-state index is -0.587. The van der Waals surface area contributed by atoms with Gasteiger partial charge in [-0.25, -0.2) is 19.9 Å². The SMILES string of the molecule is C1=NN=NC1.O=[N+]([O-])c1cnc(-n2cnnn2)nc1.O=[N+]([O-])c1cnc(Cl)nc1. The molecule has 0 spiro atoms. The molecule has 17 nitrogen and oxygen atoms in total. The predicted octanol–water partition coefficient (Wildman–Crippen LogP) is 0.837. The van der Waals surface area contributed by atoms with E-state index in [1.165, 1.54) is 11.0 Å². The van der Waals surface area contributed by atoms with Gasteiger partial charge in [-0.3, -0.25) is 20.2 Å². The summed E-state index contributed by atoms with van der Waals surface area (Å²) in [5.74, 6) is 0.181. The molecule has 29 heavy (non-hydrogen) atoms. The van der Waals surface area contributed by atoms with Gasteiger partial charge in [0.25, 0.3) is 5.95 Å². The highest BCUT2D eigenvalue weighted by Crippen LogP contribution is 2.08. The molecule has 0 radical (unpaired) electrons. The molecular formula is C11H8ClN13O4. The van der Waals surface area contributed by atoms with E-state index in [0.717, 1.165) is 24.8 Å². The van der Waals surface area contributed by atoms with Crippen LogP contribution in [0.25, 0.3) is 5.95 Å². The fraction of sp³-hybridized carbons (Fsp3) is 0.0909. The first kappa shape index (κ1) is 20.9. The zero-order valence-electron chi connectivity index (χ0n) is 14.0. The summed E-state index contributed by atoms with van der Waals surface area (Å²) in [4.78, 5) is 33.4. The number of nitro groups is 2. The lowest BCUT2D eigenvalue weighted by Crippen LogP contribution is -2.02. The minimum Gasteiger partial charge on any atom is -0.258 e. The second kappa shape index (κ2) is 10.7. The van der Waals surface area contributed by atoms with Crippen molar-refractivity contribution < 1.29 is 9.85 Å². The van der Waals surface area contributed by atoms with Gasteiger partial charge in [-0.2, -0.15) is 9.80 Å². The van der Waals surface area contributed by atoms with Crippen molar-refractivity contribution in [3.63, 3.8) is 0 Å². The van der Waals surface area contributed by atoms with Crippen LogP contribution in [0.1, 0.15) is 0 Å². The molecule has 4 rings (SSSR count). The van der Waals surface area contributed by atoms with E-state index in [9.17, 15) is 20.2 Å². The van der Waals surface area contributed by atoms with Crippen molar-refractivity contribution in [1.29, 1.82) is 0 Å². The van der Waals surface area contributed by atoms with Gasteiger partial charge < -0.3 is 0 Å². The Labute approximate surface area is 164 Å². The van der Waals surface area contributed by atoms with Crippen molar-refractivity contribution in [3.8, 4) is 5.95 Å². The molecule has 0 atom stereocenters. The maximum atomic E-state index is 10.3. The third kappa shape index (κ3) is 7.02. The molecule has 148 valence electrons. The van der Waals surface area contributed by atoms with Gasteiger partial charge in [0.1, 0.15) is 31.1 Å². The fourth-order valence-corrected chi connectivity index (χ4v) is 1.46. The van der Waals surface area contributed by atoms with Gasteiger partial charge in [-0.1, -0.05) is 0 Å². The highest BCUT2D eigenvalue weighted by atomic mass is 35.5. The lowest BCUT2D eigenvalue weighted by molar-refractivity contribution is -0.385. The van der Waals surface area contributed by atoms with Crippen LogP contribution in [0.5, 0.6) is 0 Å². The van der Waals surface area contributed by atoms with Crippen LogP contribution in [0.2, 0.25) is 5.28 Å². The van der Waals surface area contributed by atoms with E-state index in [2.05, 4.69) is 50.9 Å². The normalized spacial score (nSPS) is 11.1. The molecule has 0 amide bonds. The Bertz CT molecular complexity index is 981.